The zero-order valence-electron chi connectivity index (χ0n) is 6.18. The lowest BCUT2D eigenvalue weighted by Gasteiger charge is -1.90. The Balaban J connectivity index is 1.91. The first-order valence-electron chi connectivity index (χ1n) is 3.44. The van der Waals surface area contributed by atoms with E-state index in [9.17, 15) is 0 Å². The van der Waals surface area contributed by atoms with Gasteiger partial charge in [-0.15, -0.1) is 0 Å². The molecule has 0 unspecified atom stereocenters. The Labute approximate surface area is 73.8 Å². The van der Waals surface area contributed by atoms with Gasteiger partial charge in [0.15, 0.2) is 0 Å². The molecule has 2 rings (SSSR count). The molecular formula is C8H6O2P2. The van der Waals surface area contributed by atoms with E-state index in [2.05, 4.69) is 0 Å². The van der Waals surface area contributed by atoms with Crippen LogP contribution < -0.4 is 11.0 Å². The predicted molar refractivity (Wildman–Crippen MR) is 50.5 cm³/mol. The van der Waals surface area contributed by atoms with Gasteiger partial charge in [-0.25, -0.2) is 0 Å². The molecule has 4 heteroatoms. The van der Waals surface area contributed by atoms with Crippen LogP contribution in [0.3, 0.4) is 0 Å². The highest BCUT2D eigenvalue weighted by Crippen LogP contribution is 2.34. The van der Waals surface area contributed by atoms with E-state index >= 15 is 0 Å². The van der Waals surface area contributed by atoms with Gasteiger partial charge in [-0.3, -0.25) is 0 Å². The van der Waals surface area contributed by atoms with Crippen LogP contribution in [0.4, 0.5) is 0 Å². The Morgan fingerprint density at radius 3 is 1.67 bits per heavy atom. The van der Waals surface area contributed by atoms with Crippen LogP contribution in [0.2, 0.25) is 0 Å². The monoisotopic (exact) mass is 196 g/mol. The molecule has 0 aliphatic rings. The fraction of sp³-hybridized carbons (Fsp3) is 0. The molecule has 2 heterocycles. The van der Waals surface area contributed by atoms with Gasteiger partial charge in [-0.05, 0) is 24.3 Å². The van der Waals surface area contributed by atoms with Crippen molar-refractivity contribution in [1.82, 2.24) is 0 Å². The average molecular weight is 196 g/mol. The number of furan rings is 2. The molecule has 0 fully saturated rings. The van der Waals surface area contributed by atoms with Gasteiger partial charge in [0.2, 0.25) is 0 Å². The van der Waals surface area contributed by atoms with Crippen LogP contribution >= 0.6 is 16.5 Å². The van der Waals surface area contributed by atoms with Gasteiger partial charge < -0.3 is 8.83 Å². The molecule has 12 heavy (non-hydrogen) atoms. The van der Waals surface area contributed by atoms with Crippen molar-refractivity contribution in [2.24, 2.45) is 0 Å². The van der Waals surface area contributed by atoms with E-state index < -0.39 is 0 Å². The van der Waals surface area contributed by atoms with E-state index in [0.29, 0.717) is 0 Å². The van der Waals surface area contributed by atoms with Crippen LogP contribution in [-0.2, 0) is 0 Å². The lowest BCUT2D eigenvalue weighted by atomic mass is 10.7. The summed E-state index contributed by atoms with van der Waals surface area (Å²) in [5, 5.41) is 0. The number of hydrogen-bond donors (Lipinski definition) is 0. The maximum absolute atomic E-state index is 5.17. The van der Waals surface area contributed by atoms with Crippen molar-refractivity contribution in [3.63, 3.8) is 0 Å². The summed E-state index contributed by atoms with van der Waals surface area (Å²) >= 11 is 0. The molecule has 2 nitrogen and oxygen atoms in total. The highest BCUT2D eigenvalue weighted by atomic mass is 32.0. The summed E-state index contributed by atoms with van der Waals surface area (Å²) in [6.07, 6.45) is 3.36. The Kier molecular flexibility index (Phi) is 2.60. The maximum atomic E-state index is 5.17. The molecule has 0 spiro atoms. The normalized spacial score (nSPS) is 12.3. The SMILES string of the molecule is c1coc([P][P]c2ccco2)c1. The maximum Gasteiger partial charge on any atom is 0.135 e. The summed E-state index contributed by atoms with van der Waals surface area (Å²) in [5.41, 5.74) is 1.93. The summed E-state index contributed by atoms with van der Waals surface area (Å²) in [5.74, 6) is 0. The second-order valence-corrected chi connectivity index (χ2v) is 4.58. The van der Waals surface area contributed by atoms with Crippen LogP contribution in [0, 0.1) is 0 Å². The van der Waals surface area contributed by atoms with Crippen LogP contribution in [0.25, 0.3) is 0 Å². The molecule has 0 N–H and O–H groups in total. The van der Waals surface area contributed by atoms with Gasteiger partial charge in [0, 0.05) is 16.5 Å². The molecule has 0 amide bonds. The third-order valence-electron chi connectivity index (χ3n) is 1.26. The summed E-state index contributed by atoms with van der Waals surface area (Å²) in [6.45, 7) is 0. The van der Waals surface area contributed by atoms with E-state index in [1.807, 2.05) is 24.3 Å². The molecule has 60 valence electrons. The topological polar surface area (TPSA) is 26.3 Å². The summed E-state index contributed by atoms with van der Waals surface area (Å²) in [6, 6.07) is 7.69. The van der Waals surface area contributed by atoms with Crippen molar-refractivity contribution in [3.8, 4) is 0 Å². The predicted octanol–water partition coefficient (Wildman–Crippen LogP) is 2.63. The molecule has 0 aliphatic heterocycles. The number of rotatable bonds is 3. The third-order valence-corrected chi connectivity index (χ3v) is 3.75. The molecule has 2 aromatic rings. The van der Waals surface area contributed by atoms with Crippen molar-refractivity contribution in [3.05, 3.63) is 36.8 Å². The molecule has 0 bridgehead atoms. The molecule has 0 atom stereocenters. The second kappa shape index (κ2) is 3.89. The third kappa shape index (κ3) is 1.97. The van der Waals surface area contributed by atoms with E-state index in [1.165, 1.54) is 0 Å². The van der Waals surface area contributed by atoms with Crippen molar-refractivity contribution in [2.45, 2.75) is 0 Å². The van der Waals surface area contributed by atoms with E-state index in [4.69, 9.17) is 8.83 Å². The van der Waals surface area contributed by atoms with Crippen LogP contribution in [0.5, 0.6) is 0 Å². The lowest BCUT2D eigenvalue weighted by Crippen LogP contribution is -1.87. The summed E-state index contributed by atoms with van der Waals surface area (Å²) < 4.78 is 10.3. The summed E-state index contributed by atoms with van der Waals surface area (Å²) in [4.78, 5) is 0. The van der Waals surface area contributed by atoms with Crippen LogP contribution in [0.15, 0.2) is 45.6 Å². The quantitative estimate of drug-likeness (QED) is 0.705. The molecular weight excluding hydrogens is 190 g/mol. The molecule has 0 saturated carbocycles. The smallest absolute Gasteiger partial charge is 0.135 e. The minimum atomic E-state index is 0.966. The lowest BCUT2D eigenvalue weighted by molar-refractivity contribution is 0.602. The molecule has 0 saturated heterocycles. The van der Waals surface area contributed by atoms with Gasteiger partial charge >= 0.3 is 0 Å². The molecule has 2 radical (unpaired) electrons. The second-order valence-electron chi connectivity index (χ2n) is 2.10. The zero-order valence-corrected chi connectivity index (χ0v) is 7.96. The first kappa shape index (κ1) is 8.04. The standard InChI is InChI=1S/C8H6O2P2/c1-3-7(9-5-1)11-12-8-4-2-6-10-8/h1-6H. The Hall–Kier alpha value is -0.580. The van der Waals surface area contributed by atoms with Crippen molar-refractivity contribution < 1.29 is 8.83 Å². The highest BCUT2D eigenvalue weighted by Gasteiger charge is 2.00. The molecule has 0 aromatic carbocycles. The fourth-order valence-corrected chi connectivity index (χ4v) is 2.74. The van der Waals surface area contributed by atoms with E-state index in [-0.39, 0.29) is 0 Å². The Morgan fingerprint density at radius 2 is 1.33 bits per heavy atom. The minimum absolute atomic E-state index is 0.966. The van der Waals surface area contributed by atoms with E-state index in [1.54, 1.807) is 12.5 Å². The Bertz CT molecular complexity index is 278. The highest BCUT2D eigenvalue weighted by molar-refractivity contribution is 8.18. The van der Waals surface area contributed by atoms with E-state index in [0.717, 1.165) is 27.5 Å². The fourth-order valence-electron chi connectivity index (χ4n) is 0.752. The zero-order chi connectivity index (χ0) is 8.23. The summed E-state index contributed by atoms with van der Waals surface area (Å²) in [7, 11) is 2.23. The van der Waals surface area contributed by atoms with Crippen LogP contribution in [0.1, 0.15) is 0 Å². The van der Waals surface area contributed by atoms with Gasteiger partial charge in [0.25, 0.3) is 0 Å². The van der Waals surface area contributed by atoms with Crippen molar-refractivity contribution in [1.29, 1.82) is 0 Å². The largest absolute Gasteiger partial charge is 0.464 e. The van der Waals surface area contributed by atoms with Gasteiger partial charge in [0.1, 0.15) is 11.0 Å². The van der Waals surface area contributed by atoms with Gasteiger partial charge in [-0.2, -0.15) is 0 Å². The Morgan fingerprint density at radius 1 is 0.833 bits per heavy atom. The first-order chi connectivity index (χ1) is 5.95. The van der Waals surface area contributed by atoms with Gasteiger partial charge in [-0.1, -0.05) is 0 Å². The molecule has 0 aliphatic carbocycles. The van der Waals surface area contributed by atoms with Crippen molar-refractivity contribution >= 4 is 27.5 Å². The molecule has 2 aromatic heterocycles. The number of hydrogen-bond acceptors (Lipinski definition) is 2. The van der Waals surface area contributed by atoms with Gasteiger partial charge in [0.05, 0.1) is 12.5 Å². The minimum Gasteiger partial charge on any atom is -0.464 e. The average Bonchev–Trinajstić information content (AvgIpc) is 2.74. The van der Waals surface area contributed by atoms with Crippen LogP contribution in [-0.4, -0.2) is 0 Å². The first-order valence-corrected chi connectivity index (χ1v) is 5.93. The van der Waals surface area contributed by atoms with Crippen molar-refractivity contribution in [2.75, 3.05) is 0 Å².